The number of para-hydroxylation sites is 1. The molecule has 1 fully saturated rings. The molecule has 0 saturated carbocycles. The van der Waals surface area contributed by atoms with Crippen molar-refractivity contribution >= 4 is 38.8 Å². The summed E-state index contributed by atoms with van der Waals surface area (Å²) in [7, 11) is 0. The summed E-state index contributed by atoms with van der Waals surface area (Å²) in [5.74, 6) is -1.84. The van der Waals surface area contributed by atoms with E-state index in [0.717, 1.165) is 29.9 Å². The van der Waals surface area contributed by atoms with Crippen LogP contribution in [-0.2, 0) is 0 Å². The van der Waals surface area contributed by atoms with Crippen LogP contribution in [0.4, 0.5) is 20.2 Å². The summed E-state index contributed by atoms with van der Waals surface area (Å²) in [5, 5.41) is 14.2. The van der Waals surface area contributed by atoms with Gasteiger partial charge >= 0.3 is 0 Å². The summed E-state index contributed by atoms with van der Waals surface area (Å²) >= 11 is 1.13. The molecule has 1 atom stereocenters. The van der Waals surface area contributed by atoms with Gasteiger partial charge in [-0.15, -0.1) is 11.3 Å². The lowest BCUT2D eigenvalue weighted by atomic mass is 9.96. The molecule has 1 saturated heterocycles. The minimum atomic E-state index is -1.11. The Bertz CT molecular complexity index is 1510. The van der Waals surface area contributed by atoms with Gasteiger partial charge in [-0.25, -0.2) is 8.78 Å². The molecule has 1 aliphatic rings. The van der Waals surface area contributed by atoms with Crippen LogP contribution in [0.15, 0.2) is 65.5 Å². The monoisotopic (exact) mass is 509 g/mol. The Balaban J connectivity index is 1.72. The molecule has 0 bridgehead atoms. The van der Waals surface area contributed by atoms with E-state index in [2.05, 4.69) is 5.32 Å². The number of benzene rings is 2. The molecule has 6 nitrogen and oxygen atoms in total. The Morgan fingerprint density at radius 3 is 2.56 bits per heavy atom. The number of pyridine rings is 1. The van der Waals surface area contributed by atoms with Crippen LogP contribution in [0.2, 0.25) is 0 Å². The second-order valence-corrected chi connectivity index (χ2v) is 10.4. The molecule has 0 unspecified atom stereocenters. The summed E-state index contributed by atoms with van der Waals surface area (Å²) < 4.78 is 29.7. The molecule has 4 aromatic rings. The van der Waals surface area contributed by atoms with E-state index in [-0.39, 0.29) is 28.1 Å². The minimum Gasteiger partial charge on any atom is -0.388 e. The Morgan fingerprint density at radius 2 is 1.86 bits per heavy atom. The van der Waals surface area contributed by atoms with Crippen LogP contribution in [0.5, 0.6) is 0 Å². The van der Waals surface area contributed by atoms with Gasteiger partial charge in [-0.1, -0.05) is 18.2 Å². The number of carbonyl (C=O) groups is 1. The highest BCUT2D eigenvalue weighted by atomic mass is 32.1. The van der Waals surface area contributed by atoms with Crippen LogP contribution in [-0.4, -0.2) is 38.7 Å². The maximum atomic E-state index is 14.6. The van der Waals surface area contributed by atoms with Gasteiger partial charge in [-0.05, 0) is 57.0 Å². The van der Waals surface area contributed by atoms with Crippen molar-refractivity contribution in [3.8, 4) is 5.69 Å². The Kier molecular flexibility index (Phi) is 6.13. The van der Waals surface area contributed by atoms with Gasteiger partial charge in [0.25, 0.3) is 11.5 Å². The number of nitrogens with one attached hydrogen (secondary N) is 1. The van der Waals surface area contributed by atoms with Crippen LogP contribution in [0, 0.1) is 11.6 Å². The van der Waals surface area contributed by atoms with E-state index in [0.29, 0.717) is 34.6 Å². The molecule has 3 heterocycles. The molecule has 2 aromatic carbocycles. The van der Waals surface area contributed by atoms with Crippen molar-refractivity contribution < 1.29 is 18.7 Å². The van der Waals surface area contributed by atoms with Gasteiger partial charge < -0.3 is 15.3 Å². The van der Waals surface area contributed by atoms with Gasteiger partial charge in [0.05, 0.1) is 28.7 Å². The normalized spacial score (nSPS) is 16.0. The van der Waals surface area contributed by atoms with Crippen molar-refractivity contribution in [2.75, 3.05) is 11.9 Å². The molecule has 36 heavy (non-hydrogen) atoms. The number of aromatic nitrogens is 1. The molecule has 2 N–H and O–H groups in total. The predicted molar refractivity (Wildman–Crippen MR) is 137 cm³/mol. The molecule has 0 aliphatic carbocycles. The first-order valence-corrected chi connectivity index (χ1v) is 12.5. The quantitative estimate of drug-likeness (QED) is 0.375. The fourth-order valence-corrected chi connectivity index (χ4v) is 6.01. The third-order valence-corrected chi connectivity index (χ3v) is 7.65. The summed E-state index contributed by atoms with van der Waals surface area (Å²) in [6.45, 7) is 3.82. The molecule has 2 aromatic heterocycles. The number of likely N-dealkylation sites (tertiary alicyclic amines) is 1. The Hall–Kier alpha value is -3.56. The van der Waals surface area contributed by atoms with Crippen molar-refractivity contribution in [2.24, 2.45) is 0 Å². The van der Waals surface area contributed by atoms with Gasteiger partial charge in [0, 0.05) is 24.1 Å². The zero-order valence-electron chi connectivity index (χ0n) is 19.8. The fourth-order valence-electron chi connectivity index (χ4n) is 4.78. The SMILES string of the molecule is CC(C)(O)[C@@H]1CCCN1C(=O)c1sc2c(ccc(=O)n2-c2ccccc2)c1Nc1ccc(F)cc1F. The number of hydrogen-bond donors (Lipinski definition) is 2. The number of carbonyl (C=O) groups excluding carboxylic acids is 1. The average molecular weight is 510 g/mol. The third kappa shape index (κ3) is 4.29. The highest BCUT2D eigenvalue weighted by Gasteiger charge is 2.40. The van der Waals surface area contributed by atoms with Gasteiger partial charge in [0.1, 0.15) is 21.3 Å². The second kappa shape index (κ2) is 9.15. The van der Waals surface area contributed by atoms with Crippen LogP contribution in [0.1, 0.15) is 36.4 Å². The number of nitrogens with zero attached hydrogens (tertiary/aromatic N) is 2. The Labute approximate surface area is 210 Å². The molecule has 0 radical (unpaired) electrons. The predicted octanol–water partition coefficient (Wildman–Crippen LogP) is 5.45. The van der Waals surface area contributed by atoms with E-state index in [1.54, 1.807) is 36.9 Å². The molecule has 1 aliphatic heterocycles. The number of hydrogen-bond acceptors (Lipinski definition) is 5. The van der Waals surface area contributed by atoms with Crippen LogP contribution >= 0.6 is 11.3 Å². The summed E-state index contributed by atoms with van der Waals surface area (Å²) in [5.41, 5.74) is -0.418. The highest BCUT2D eigenvalue weighted by molar-refractivity contribution is 7.21. The number of anilines is 2. The second-order valence-electron chi connectivity index (χ2n) is 9.43. The van der Waals surface area contributed by atoms with Gasteiger partial charge in [-0.3, -0.25) is 14.2 Å². The van der Waals surface area contributed by atoms with Crippen LogP contribution < -0.4 is 10.9 Å². The maximum absolute atomic E-state index is 14.6. The van der Waals surface area contributed by atoms with E-state index < -0.39 is 17.2 Å². The fraction of sp³-hybridized carbons (Fsp3) is 0.259. The lowest BCUT2D eigenvalue weighted by Crippen LogP contribution is -2.48. The number of halogens is 2. The van der Waals surface area contributed by atoms with Crippen molar-refractivity contribution in [1.82, 2.24) is 9.47 Å². The number of thiophene rings is 1. The van der Waals surface area contributed by atoms with Crippen LogP contribution in [0.25, 0.3) is 15.9 Å². The summed E-state index contributed by atoms with van der Waals surface area (Å²) in [6.07, 6.45) is 1.40. The van der Waals surface area contributed by atoms with Crippen molar-refractivity contribution in [1.29, 1.82) is 0 Å². The molecule has 1 amide bonds. The molecule has 9 heteroatoms. The number of fused-ring (bicyclic) bond motifs is 1. The standard InChI is InChI=1S/C27H25F2N3O3S/c1-27(2,35)21-9-6-14-31(21)25(34)24-23(30-20-12-10-16(28)15-19(20)29)18-11-13-22(33)32(26(18)36-24)17-7-4-3-5-8-17/h3-5,7-8,10-13,15,21,30,35H,6,9,14H2,1-2H3/t21-/m0/s1. The molecular formula is C27H25F2N3O3S. The highest BCUT2D eigenvalue weighted by Crippen LogP contribution is 2.40. The van der Waals surface area contributed by atoms with Gasteiger partial charge in [0.15, 0.2) is 0 Å². The topological polar surface area (TPSA) is 74.6 Å². The van der Waals surface area contributed by atoms with Crippen molar-refractivity contribution in [3.05, 3.63) is 87.5 Å². The number of amides is 1. The largest absolute Gasteiger partial charge is 0.388 e. The van der Waals surface area contributed by atoms with Gasteiger partial charge in [-0.2, -0.15) is 0 Å². The molecule has 186 valence electrons. The Morgan fingerprint density at radius 1 is 1.11 bits per heavy atom. The van der Waals surface area contributed by atoms with E-state index in [1.807, 2.05) is 18.2 Å². The third-order valence-electron chi connectivity index (χ3n) is 6.47. The smallest absolute Gasteiger partial charge is 0.266 e. The van der Waals surface area contributed by atoms with Crippen molar-refractivity contribution in [3.63, 3.8) is 0 Å². The number of aliphatic hydroxyl groups is 1. The molecule has 0 spiro atoms. The number of rotatable bonds is 5. The summed E-state index contributed by atoms with van der Waals surface area (Å²) in [4.78, 5) is 29.3. The first-order chi connectivity index (χ1) is 17.1. The van der Waals surface area contributed by atoms with E-state index >= 15 is 0 Å². The molecule has 5 rings (SSSR count). The maximum Gasteiger partial charge on any atom is 0.266 e. The first kappa shape index (κ1) is 24.1. The minimum absolute atomic E-state index is 0.00284. The first-order valence-electron chi connectivity index (χ1n) is 11.6. The zero-order chi connectivity index (χ0) is 25.6. The summed E-state index contributed by atoms with van der Waals surface area (Å²) in [6, 6.07) is 14.8. The zero-order valence-corrected chi connectivity index (χ0v) is 20.6. The van der Waals surface area contributed by atoms with Crippen molar-refractivity contribution in [2.45, 2.75) is 38.3 Å². The van der Waals surface area contributed by atoms with E-state index in [1.165, 1.54) is 16.7 Å². The van der Waals surface area contributed by atoms with Gasteiger partial charge in [0.2, 0.25) is 0 Å². The lowest BCUT2D eigenvalue weighted by Gasteiger charge is -2.33. The van der Waals surface area contributed by atoms with Crippen LogP contribution in [0.3, 0.4) is 0 Å². The van der Waals surface area contributed by atoms with E-state index in [9.17, 15) is 23.5 Å². The average Bonchev–Trinajstić information content (AvgIpc) is 3.46. The lowest BCUT2D eigenvalue weighted by molar-refractivity contribution is 0.000555. The molecular weight excluding hydrogens is 484 g/mol. The van der Waals surface area contributed by atoms with E-state index in [4.69, 9.17) is 0 Å².